The molecule has 184 valence electrons. The zero-order chi connectivity index (χ0) is 24.0. The Morgan fingerprint density at radius 2 is 1.74 bits per heavy atom. The number of hydrogen-bond acceptors (Lipinski definition) is 5. The van der Waals surface area contributed by atoms with E-state index in [1.54, 1.807) is 19.1 Å². The van der Waals surface area contributed by atoms with Crippen molar-refractivity contribution in [3.05, 3.63) is 47.3 Å². The average Bonchev–Trinajstić information content (AvgIpc) is 3.21. The van der Waals surface area contributed by atoms with Crippen LogP contribution in [0, 0.1) is 12.8 Å². The van der Waals surface area contributed by atoms with E-state index in [2.05, 4.69) is 10.5 Å². The van der Waals surface area contributed by atoms with Gasteiger partial charge in [0.05, 0.1) is 5.92 Å². The molecule has 0 radical (unpaired) electrons. The SMILES string of the molecule is Cc1noc(/C=C/c2ccccc2)c1S(=O)(=O)N1CCC[C@H](C(=O)NC2CCCCCCC2)C1. The molecule has 1 N–H and O–H groups in total. The molecular weight excluding hydrogens is 450 g/mol. The van der Waals surface area contributed by atoms with Crippen molar-refractivity contribution < 1.29 is 17.7 Å². The lowest BCUT2D eigenvalue weighted by molar-refractivity contribution is -0.126. The fourth-order valence-electron chi connectivity index (χ4n) is 4.96. The number of rotatable bonds is 6. The highest BCUT2D eigenvalue weighted by Gasteiger charge is 2.37. The molecule has 0 bridgehead atoms. The third-order valence-electron chi connectivity index (χ3n) is 6.86. The van der Waals surface area contributed by atoms with Crippen LogP contribution < -0.4 is 5.32 Å². The summed E-state index contributed by atoms with van der Waals surface area (Å²) in [5.41, 5.74) is 1.26. The monoisotopic (exact) mass is 485 g/mol. The Kier molecular flexibility index (Phi) is 8.21. The van der Waals surface area contributed by atoms with E-state index < -0.39 is 10.0 Å². The van der Waals surface area contributed by atoms with Crippen molar-refractivity contribution in [3.8, 4) is 0 Å². The molecule has 1 saturated carbocycles. The maximum Gasteiger partial charge on any atom is 0.248 e. The highest BCUT2D eigenvalue weighted by molar-refractivity contribution is 7.89. The summed E-state index contributed by atoms with van der Waals surface area (Å²) in [5.74, 6) is -0.142. The van der Waals surface area contributed by atoms with Crippen molar-refractivity contribution in [2.24, 2.45) is 5.92 Å². The molecule has 1 aromatic heterocycles. The Bertz CT molecular complexity index is 1090. The van der Waals surface area contributed by atoms with E-state index in [0.717, 1.165) is 31.2 Å². The van der Waals surface area contributed by atoms with E-state index >= 15 is 0 Å². The Morgan fingerprint density at radius 3 is 2.47 bits per heavy atom. The highest BCUT2D eigenvalue weighted by atomic mass is 32.2. The molecule has 0 unspecified atom stereocenters. The number of carbonyl (C=O) groups is 1. The summed E-state index contributed by atoms with van der Waals surface area (Å²) in [6.45, 7) is 2.22. The minimum absolute atomic E-state index is 0.0169. The third-order valence-corrected chi connectivity index (χ3v) is 8.89. The van der Waals surface area contributed by atoms with Crippen molar-refractivity contribution in [2.75, 3.05) is 13.1 Å². The second-order valence-electron chi connectivity index (χ2n) is 9.46. The van der Waals surface area contributed by atoms with E-state index in [0.29, 0.717) is 25.1 Å². The molecule has 1 aromatic carbocycles. The predicted molar refractivity (Wildman–Crippen MR) is 132 cm³/mol. The first-order valence-corrected chi connectivity index (χ1v) is 13.9. The van der Waals surface area contributed by atoms with Crippen LogP contribution in [0.1, 0.15) is 74.8 Å². The van der Waals surface area contributed by atoms with Gasteiger partial charge in [0.2, 0.25) is 15.9 Å². The molecule has 0 spiro atoms. The molecule has 1 amide bonds. The molecule has 2 fully saturated rings. The normalized spacial score (nSPS) is 21.3. The number of carbonyl (C=O) groups excluding carboxylic acids is 1. The average molecular weight is 486 g/mol. The zero-order valence-electron chi connectivity index (χ0n) is 19.9. The topological polar surface area (TPSA) is 92.5 Å². The van der Waals surface area contributed by atoms with E-state index in [1.165, 1.54) is 23.6 Å². The number of piperidine rings is 1. The van der Waals surface area contributed by atoms with E-state index in [-0.39, 0.29) is 35.1 Å². The summed E-state index contributed by atoms with van der Waals surface area (Å²) >= 11 is 0. The molecule has 2 aromatic rings. The van der Waals surface area contributed by atoms with Crippen LogP contribution in [0.5, 0.6) is 0 Å². The first-order valence-electron chi connectivity index (χ1n) is 12.4. The Hall–Kier alpha value is -2.45. The lowest BCUT2D eigenvalue weighted by Crippen LogP contribution is -2.47. The lowest BCUT2D eigenvalue weighted by Gasteiger charge is -2.32. The highest BCUT2D eigenvalue weighted by Crippen LogP contribution is 2.29. The van der Waals surface area contributed by atoms with Crippen LogP contribution in [0.4, 0.5) is 0 Å². The van der Waals surface area contributed by atoms with Crippen LogP contribution in [0.3, 0.4) is 0 Å². The second kappa shape index (κ2) is 11.3. The fourth-order valence-corrected chi connectivity index (χ4v) is 6.73. The number of hydrogen-bond donors (Lipinski definition) is 1. The van der Waals surface area contributed by atoms with Crippen molar-refractivity contribution in [3.63, 3.8) is 0 Å². The van der Waals surface area contributed by atoms with E-state index in [1.807, 2.05) is 30.3 Å². The summed E-state index contributed by atoms with van der Waals surface area (Å²) < 4.78 is 34.0. The summed E-state index contributed by atoms with van der Waals surface area (Å²) in [5, 5.41) is 7.15. The molecule has 2 aliphatic rings. The van der Waals surface area contributed by atoms with Gasteiger partial charge < -0.3 is 9.84 Å². The van der Waals surface area contributed by atoms with E-state index in [4.69, 9.17) is 4.52 Å². The van der Waals surface area contributed by atoms with Crippen LogP contribution in [-0.2, 0) is 14.8 Å². The first kappa shape index (κ1) is 24.7. The molecule has 8 heteroatoms. The molecule has 2 heterocycles. The minimum Gasteiger partial charge on any atom is -0.355 e. The molecule has 1 aliphatic heterocycles. The molecule has 4 rings (SSSR count). The number of sulfonamides is 1. The number of aryl methyl sites for hydroxylation is 1. The van der Waals surface area contributed by atoms with Crippen LogP contribution in [0.2, 0.25) is 0 Å². The molecule has 1 atom stereocenters. The van der Waals surface area contributed by atoms with Crippen molar-refractivity contribution in [1.29, 1.82) is 0 Å². The minimum atomic E-state index is -3.85. The van der Waals surface area contributed by atoms with Gasteiger partial charge in [-0.3, -0.25) is 4.79 Å². The smallest absolute Gasteiger partial charge is 0.248 e. The van der Waals surface area contributed by atoms with Gasteiger partial charge in [-0.2, -0.15) is 4.31 Å². The summed E-state index contributed by atoms with van der Waals surface area (Å²) in [7, 11) is -3.85. The maximum absolute atomic E-state index is 13.6. The molecule has 1 saturated heterocycles. The number of amides is 1. The van der Waals surface area contributed by atoms with Gasteiger partial charge in [0.15, 0.2) is 10.7 Å². The number of benzene rings is 1. The van der Waals surface area contributed by atoms with Crippen LogP contribution in [0.15, 0.2) is 39.8 Å². The summed E-state index contributed by atoms with van der Waals surface area (Å²) in [6, 6.07) is 9.81. The van der Waals surface area contributed by atoms with Crippen LogP contribution in [0.25, 0.3) is 12.2 Å². The van der Waals surface area contributed by atoms with Gasteiger partial charge in [-0.15, -0.1) is 0 Å². The van der Waals surface area contributed by atoms with Crippen molar-refractivity contribution in [1.82, 2.24) is 14.8 Å². The maximum atomic E-state index is 13.6. The number of aromatic nitrogens is 1. The van der Waals surface area contributed by atoms with Gasteiger partial charge in [-0.25, -0.2) is 8.42 Å². The largest absolute Gasteiger partial charge is 0.355 e. The van der Waals surface area contributed by atoms with Crippen molar-refractivity contribution in [2.45, 2.75) is 75.6 Å². The molecule has 34 heavy (non-hydrogen) atoms. The first-order chi connectivity index (χ1) is 16.4. The number of nitrogens with one attached hydrogen (secondary N) is 1. The lowest BCUT2D eigenvalue weighted by atomic mass is 9.94. The molecule has 7 nitrogen and oxygen atoms in total. The van der Waals surface area contributed by atoms with Gasteiger partial charge in [-0.1, -0.05) is 73.7 Å². The Labute approximate surface area is 202 Å². The Morgan fingerprint density at radius 1 is 1.03 bits per heavy atom. The fraction of sp³-hybridized carbons (Fsp3) is 0.538. The van der Waals surface area contributed by atoms with E-state index in [9.17, 15) is 13.2 Å². The molecular formula is C26H35N3O4S. The molecule has 1 aliphatic carbocycles. The van der Waals surface area contributed by atoms with Gasteiger partial charge >= 0.3 is 0 Å². The van der Waals surface area contributed by atoms with Gasteiger partial charge in [0.25, 0.3) is 0 Å². The zero-order valence-corrected chi connectivity index (χ0v) is 20.7. The van der Waals surface area contributed by atoms with Crippen LogP contribution >= 0.6 is 0 Å². The van der Waals surface area contributed by atoms with Crippen molar-refractivity contribution >= 4 is 28.1 Å². The van der Waals surface area contributed by atoms with Gasteiger partial charge in [-0.05, 0) is 44.2 Å². The van der Waals surface area contributed by atoms with Crippen LogP contribution in [-0.4, -0.2) is 42.9 Å². The number of nitrogens with zero attached hydrogens (tertiary/aromatic N) is 2. The standard InChI is InChI=1S/C26H35N3O4S/c1-20-25(24(33-28-20)17-16-21-11-6-5-7-12-21)34(31,32)29-18-10-13-22(19-29)26(30)27-23-14-8-3-2-4-9-15-23/h5-7,11-12,16-17,22-23H,2-4,8-10,13-15,18-19H2,1H3,(H,27,30)/b17-16+/t22-/m0/s1. The predicted octanol–water partition coefficient (Wildman–Crippen LogP) is 4.78. The van der Waals surface area contributed by atoms with Gasteiger partial charge in [0, 0.05) is 19.1 Å². The summed E-state index contributed by atoms with van der Waals surface area (Å²) in [4.78, 5) is 13.1. The Balaban J connectivity index is 1.47. The second-order valence-corrected chi connectivity index (χ2v) is 11.3. The summed E-state index contributed by atoms with van der Waals surface area (Å²) in [6.07, 6.45) is 12.8. The third kappa shape index (κ3) is 5.96. The van der Waals surface area contributed by atoms with Gasteiger partial charge in [0.1, 0.15) is 5.69 Å². The quantitative estimate of drug-likeness (QED) is 0.635.